The van der Waals surface area contributed by atoms with Gasteiger partial charge in [-0.05, 0) is 137 Å². The van der Waals surface area contributed by atoms with Crippen LogP contribution in [-0.2, 0) is 9.84 Å². The molecular weight excluding hydrogens is 537 g/mol. The average Bonchev–Trinajstić information content (AvgIpc) is 3.25. The van der Waals surface area contributed by atoms with Crippen LogP contribution in [-0.4, -0.2) is 41.8 Å². The van der Waals surface area contributed by atoms with Gasteiger partial charge in [0.2, 0.25) is 0 Å². The third-order valence-corrected chi connectivity index (χ3v) is 14.2. The summed E-state index contributed by atoms with van der Waals surface area (Å²) >= 11 is 0. The van der Waals surface area contributed by atoms with E-state index in [4.69, 9.17) is 0 Å². The van der Waals surface area contributed by atoms with Crippen molar-refractivity contribution in [1.82, 2.24) is 0 Å². The SMILES string of the molecule is C[C@H](CC(C[C@@H](C)O)S(=O)(=O)c1ccccc1)[C@H]1CC[C@H]2[C@@H]3CC[C@H]4C[C@](O)(C(F)(F)F)CC[C@@H]4[C@H]3CC[C@]12C. The number of fused-ring (bicyclic) bond motifs is 5. The van der Waals surface area contributed by atoms with Crippen molar-refractivity contribution in [2.75, 3.05) is 0 Å². The number of alkyl halides is 3. The molecule has 0 saturated heterocycles. The minimum atomic E-state index is -4.56. The van der Waals surface area contributed by atoms with Gasteiger partial charge in [0.15, 0.2) is 15.4 Å². The molecule has 4 aliphatic rings. The second-order valence-corrected chi connectivity index (χ2v) is 16.4. The molecule has 0 heterocycles. The minimum Gasteiger partial charge on any atom is -0.393 e. The Morgan fingerprint density at radius 3 is 2.25 bits per heavy atom. The zero-order valence-electron chi connectivity index (χ0n) is 24.1. The number of hydrogen-bond donors (Lipinski definition) is 2. The number of halogens is 3. The van der Waals surface area contributed by atoms with Gasteiger partial charge in [-0.2, -0.15) is 13.2 Å². The molecule has 11 atom stereocenters. The first-order valence-electron chi connectivity index (χ1n) is 15.4. The predicted molar refractivity (Wildman–Crippen MR) is 149 cm³/mol. The van der Waals surface area contributed by atoms with Crippen molar-refractivity contribution >= 4 is 9.84 Å². The van der Waals surface area contributed by atoms with Crippen LogP contribution in [0.2, 0.25) is 0 Å². The molecule has 1 unspecified atom stereocenters. The van der Waals surface area contributed by atoms with E-state index >= 15 is 0 Å². The molecule has 0 aromatic heterocycles. The predicted octanol–water partition coefficient (Wildman–Crippen LogP) is 7.19. The molecule has 0 amide bonds. The van der Waals surface area contributed by atoms with E-state index in [1.807, 2.05) is 0 Å². The maximum Gasteiger partial charge on any atom is 0.417 e. The van der Waals surface area contributed by atoms with Crippen LogP contribution in [0.25, 0.3) is 0 Å². The molecule has 226 valence electrons. The monoisotopic (exact) mass is 584 g/mol. The summed E-state index contributed by atoms with van der Waals surface area (Å²) < 4.78 is 68.0. The van der Waals surface area contributed by atoms with E-state index in [1.54, 1.807) is 37.3 Å². The van der Waals surface area contributed by atoms with Crippen LogP contribution in [0.4, 0.5) is 13.2 Å². The van der Waals surface area contributed by atoms with E-state index < -0.39 is 33.0 Å². The fraction of sp³-hybridized carbons (Fsp3) is 0.812. The van der Waals surface area contributed by atoms with Crippen LogP contribution < -0.4 is 0 Å². The Morgan fingerprint density at radius 1 is 0.925 bits per heavy atom. The van der Waals surface area contributed by atoms with Gasteiger partial charge in [0.1, 0.15) is 0 Å². The maximum absolute atomic E-state index is 13.6. The number of sulfone groups is 1. The van der Waals surface area contributed by atoms with Gasteiger partial charge in [-0.1, -0.05) is 32.0 Å². The summed E-state index contributed by atoms with van der Waals surface area (Å²) in [7, 11) is -3.58. The summed E-state index contributed by atoms with van der Waals surface area (Å²) in [5, 5.41) is 20.0. The van der Waals surface area contributed by atoms with E-state index in [2.05, 4.69) is 13.8 Å². The Hall–Kier alpha value is -1.12. The van der Waals surface area contributed by atoms with Crippen molar-refractivity contribution in [3.63, 3.8) is 0 Å². The van der Waals surface area contributed by atoms with Crippen LogP contribution >= 0.6 is 0 Å². The highest BCUT2D eigenvalue weighted by Crippen LogP contribution is 2.66. The highest BCUT2D eigenvalue weighted by atomic mass is 32.2. The summed E-state index contributed by atoms with van der Waals surface area (Å²) in [5.41, 5.74) is -2.43. The van der Waals surface area contributed by atoms with Crippen molar-refractivity contribution in [3.8, 4) is 0 Å². The third kappa shape index (κ3) is 5.27. The Balaban J connectivity index is 1.30. The zero-order valence-corrected chi connectivity index (χ0v) is 24.9. The lowest BCUT2D eigenvalue weighted by Gasteiger charge is -2.57. The van der Waals surface area contributed by atoms with Gasteiger partial charge in [-0.25, -0.2) is 8.42 Å². The third-order valence-electron chi connectivity index (χ3n) is 12.0. The van der Waals surface area contributed by atoms with Gasteiger partial charge in [-0.15, -0.1) is 0 Å². The average molecular weight is 585 g/mol. The number of rotatable bonds is 7. The summed E-state index contributed by atoms with van der Waals surface area (Å²) in [6, 6.07) is 8.56. The lowest BCUT2D eigenvalue weighted by atomic mass is 9.48. The molecule has 4 saturated carbocycles. The first-order chi connectivity index (χ1) is 18.7. The van der Waals surface area contributed by atoms with Crippen molar-refractivity contribution in [1.29, 1.82) is 0 Å². The molecule has 4 nitrogen and oxygen atoms in total. The molecule has 0 spiro atoms. The second kappa shape index (κ2) is 10.9. The summed E-state index contributed by atoms with van der Waals surface area (Å²) in [5.74, 6) is 2.26. The van der Waals surface area contributed by atoms with E-state index in [1.165, 1.54) is 0 Å². The highest BCUT2D eigenvalue weighted by Gasteiger charge is 2.62. The Bertz CT molecular complexity index is 1140. The van der Waals surface area contributed by atoms with Crippen molar-refractivity contribution < 1.29 is 31.8 Å². The van der Waals surface area contributed by atoms with Crippen LogP contribution in [0, 0.1) is 46.8 Å². The quantitative estimate of drug-likeness (QED) is 0.356. The van der Waals surface area contributed by atoms with E-state index in [9.17, 15) is 31.8 Å². The number of aliphatic hydroxyl groups excluding tert-OH is 1. The molecule has 4 aliphatic carbocycles. The molecule has 0 aliphatic heterocycles. The highest BCUT2D eigenvalue weighted by molar-refractivity contribution is 7.92. The summed E-state index contributed by atoms with van der Waals surface area (Å²) in [4.78, 5) is 0.311. The lowest BCUT2D eigenvalue weighted by molar-refractivity contribution is -0.282. The molecule has 0 bridgehead atoms. The Labute approximate surface area is 238 Å². The summed E-state index contributed by atoms with van der Waals surface area (Å²) in [6.07, 6.45) is 1.52. The maximum atomic E-state index is 13.6. The van der Waals surface area contributed by atoms with E-state index in [0.29, 0.717) is 41.4 Å². The van der Waals surface area contributed by atoms with E-state index in [-0.39, 0.29) is 42.4 Å². The zero-order chi connectivity index (χ0) is 29.1. The van der Waals surface area contributed by atoms with Crippen molar-refractivity contribution in [3.05, 3.63) is 30.3 Å². The Morgan fingerprint density at radius 2 is 1.60 bits per heavy atom. The van der Waals surface area contributed by atoms with Crippen LogP contribution in [0.5, 0.6) is 0 Å². The lowest BCUT2D eigenvalue weighted by Crippen LogP contribution is -2.55. The topological polar surface area (TPSA) is 74.6 Å². The van der Waals surface area contributed by atoms with E-state index in [0.717, 1.165) is 38.5 Å². The largest absolute Gasteiger partial charge is 0.417 e. The van der Waals surface area contributed by atoms with Crippen LogP contribution in [0.15, 0.2) is 35.2 Å². The molecular formula is C32H47F3O4S. The normalized spacial score (nSPS) is 40.4. The first-order valence-corrected chi connectivity index (χ1v) is 17.0. The minimum absolute atomic E-state index is 0.0495. The van der Waals surface area contributed by atoms with Gasteiger partial charge < -0.3 is 10.2 Å². The smallest absolute Gasteiger partial charge is 0.393 e. The van der Waals surface area contributed by atoms with Gasteiger partial charge in [0, 0.05) is 0 Å². The van der Waals surface area contributed by atoms with Gasteiger partial charge >= 0.3 is 6.18 Å². The Kier molecular flexibility index (Phi) is 8.24. The summed E-state index contributed by atoms with van der Waals surface area (Å²) in [6.45, 7) is 6.24. The fourth-order valence-corrected chi connectivity index (χ4v) is 12.2. The van der Waals surface area contributed by atoms with Crippen molar-refractivity contribution in [2.45, 2.75) is 119 Å². The molecule has 2 N–H and O–H groups in total. The molecule has 4 fully saturated rings. The molecule has 8 heteroatoms. The number of benzene rings is 1. The van der Waals surface area contributed by atoms with Gasteiger partial charge in [0.25, 0.3) is 0 Å². The number of hydrogen-bond acceptors (Lipinski definition) is 4. The molecule has 0 radical (unpaired) electrons. The van der Waals surface area contributed by atoms with Crippen molar-refractivity contribution in [2.24, 2.45) is 46.8 Å². The fourth-order valence-electron chi connectivity index (χ4n) is 10.2. The molecule has 5 rings (SSSR count). The molecule has 40 heavy (non-hydrogen) atoms. The first kappa shape index (κ1) is 30.3. The van der Waals surface area contributed by atoms with Crippen LogP contribution in [0.3, 0.4) is 0 Å². The molecule has 1 aromatic rings. The standard InChI is InChI=1S/C32H47F3O4S/c1-20(17-24(18-21(2)36)40(38,39)23-7-5-4-6-8-23)28-11-12-29-27-10-9-22-19-31(37,32(33,34)35)16-14-25(22)26(27)13-15-30(28,29)3/h4-8,20-22,24-29,36-37H,9-19H2,1-3H3/t20-,21-,22+,24?,25+,26-,27-,28-,29+,30-,31+/m1/s1. The molecule has 1 aromatic carbocycles. The number of aliphatic hydroxyl groups is 2. The second-order valence-electron chi connectivity index (χ2n) is 14.2. The van der Waals surface area contributed by atoms with Gasteiger partial charge in [0.05, 0.1) is 16.2 Å². The van der Waals surface area contributed by atoms with Gasteiger partial charge in [-0.3, -0.25) is 0 Å². The van der Waals surface area contributed by atoms with Crippen LogP contribution in [0.1, 0.15) is 91.4 Å².